The first-order chi connectivity index (χ1) is 7.34. The van der Waals surface area contributed by atoms with Crippen LogP contribution >= 0.6 is 11.6 Å². The Bertz CT molecular complexity index is 402. The molecule has 0 amide bonds. The number of carbonyl (C=O) groups is 1. The number of benzene rings is 1. The van der Waals surface area contributed by atoms with Crippen LogP contribution in [0, 0.1) is 12.3 Å². The van der Waals surface area contributed by atoms with Crippen LogP contribution in [-0.2, 0) is 4.79 Å². The van der Waals surface area contributed by atoms with Crippen LogP contribution < -0.4 is 5.32 Å². The van der Waals surface area contributed by atoms with Gasteiger partial charge in [0.1, 0.15) is 0 Å². The summed E-state index contributed by atoms with van der Waals surface area (Å²) in [4.78, 5) is 10.9. The second kappa shape index (κ2) is 4.74. The van der Waals surface area contributed by atoms with E-state index in [1.165, 1.54) is 0 Å². The normalized spacial score (nSPS) is 11.2. The summed E-state index contributed by atoms with van der Waals surface area (Å²) < 4.78 is 0. The Morgan fingerprint density at radius 1 is 1.50 bits per heavy atom. The molecule has 1 aromatic rings. The Hall–Kier alpha value is -1.22. The zero-order valence-electron chi connectivity index (χ0n) is 9.67. The van der Waals surface area contributed by atoms with Crippen molar-refractivity contribution in [1.82, 2.24) is 0 Å². The van der Waals surface area contributed by atoms with Crippen LogP contribution in [-0.4, -0.2) is 17.6 Å². The first-order valence-electron chi connectivity index (χ1n) is 5.07. The van der Waals surface area contributed by atoms with Crippen molar-refractivity contribution in [3.63, 3.8) is 0 Å². The second-order valence-electron chi connectivity index (χ2n) is 4.45. The molecule has 88 valence electrons. The molecule has 0 atom stereocenters. The number of hydrogen-bond acceptors (Lipinski definition) is 2. The molecule has 0 aliphatic rings. The van der Waals surface area contributed by atoms with E-state index in [0.717, 1.165) is 11.3 Å². The summed E-state index contributed by atoms with van der Waals surface area (Å²) in [5, 5.41) is 12.8. The highest BCUT2D eigenvalue weighted by Gasteiger charge is 2.26. The standard InChI is InChI=1S/C12H16ClNO2/c1-8-9(13)5-4-6-10(8)14-7-12(2,3)11(15)16/h4-6,14H,7H2,1-3H3,(H,15,16). The lowest BCUT2D eigenvalue weighted by Gasteiger charge is -2.21. The van der Waals surface area contributed by atoms with Crippen LogP contribution in [0.3, 0.4) is 0 Å². The first-order valence-corrected chi connectivity index (χ1v) is 5.45. The highest BCUT2D eigenvalue weighted by Crippen LogP contribution is 2.24. The van der Waals surface area contributed by atoms with Crippen molar-refractivity contribution in [2.75, 3.05) is 11.9 Å². The van der Waals surface area contributed by atoms with E-state index in [0.29, 0.717) is 11.6 Å². The third kappa shape index (κ3) is 2.89. The van der Waals surface area contributed by atoms with E-state index in [2.05, 4.69) is 5.32 Å². The van der Waals surface area contributed by atoms with Gasteiger partial charge in [-0.15, -0.1) is 0 Å². The van der Waals surface area contributed by atoms with Gasteiger partial charge in [0, 0.05) is 17.3 Å². The summed E-state index contributed by atoms with van der Waals surface area (Å²) in [6, 6.07) is 5.54. The predicted octanol–water partition coefficient (Wildman–Crippen LogP) is 3.17. The topological polar surface area (TPSA) is 49.3 Å². The van der Waals surface area contributed by atoms with E-state index in [-0.39, 0.29) is 0 Å². The first kappa shape index (κ1) is 12.8. The molecule has 0 fully saturated rings. The quantitative estimate of drug-likeness (QED) is 0.851. The molecule has 0 aliphatic heterocycles. The van der Waals surface area contributed by atoms with Crippen LogP contribution in [0.2, 0.25) is 5.02 Å². The molecule has 0 aromatic heterocycles. The fraction of sp³-hybridized carbons (Fsp3) is 0.417. The molecule has 0 saturated heterocycles. The minimum Gasteiger partial charge on any atom is -0.481 e. The van der Waals surface area contributed by atoms with E-state index in [4.69, 9.17) is 16.7 Å². The molecule has 0 aliphatic carbocycles. The van der Waals surface area contributed by atoms with Gasteiger partial charge in [0.2, 0.25) is 0 Å². The molecule has 3 nitrogen and oxygen atoms in total. The Kier molecular flexibility index (Phi) is 3.81. The number of rotatable bonds is 4. The molecule has 0 saturated carbocycles. The SMILES string of the molecule is Cc1c(Cl)cccc1NCC(C)(C)C(=O)O. The molecule has 0 spiro atoms. The number of nitrogens with one attached hydrogen (secondary N) is 1. The summed E-state index contributed by atoms with van der Waals surface area (Å²) in [5.74, 6) is -0.820. The number of halogens is 1. The maximum Gasteiger partial charge on any atom is 0.310 e. The van der Waals surface area contributed by atoms with Gasteiger partial charge in [0.15, 0.2) is 0 Å². The summed E-state index contributed by atoms with van der Waals surface area (Å²) >= 11 is 5.97. The van der Waals surface area contributed by atoms with Crippen molar-refractivity contribution in [2.24, 2.45) is 5.41 Å². The van der Waals surface area contributed by atoms with Crippen LogP contribution in [0.5, 0.6) is 0 Å². The van der Waals surface area contributed by atoms with Crippen molar-refractivity contribution in [3.05, 3.63) is 28.8 Å². The lowest BCUT2D eigenvalue weighted by molar-refractivity contribution is -0.146. The molecule has 4 heteroatoms. The zero-order valence-corrected chi connectivity index (χ0v) is 10.4. The van der Waals surface area contributed by atoms with Gasteiger partial charge in [0.05, 0.1) is 5.41 Å². The third-order valence-corrected chi connectivity index (χ3v) is 2.98. The highest BCUT2D eigenvalue weighted by atomic mass is 35.5. The van der Waals surface area contributed by atoms with E-state index >= 15 is 0 Å². The fourth-order valence-corrected chi connectivity index (χ4v) is 1.37. The molecule has 2 N–H and O–H groups in total. The highest BCUT2D eigenvalue weighted by molar-refractivity contribution is 6.31. The van der Waals surface area contributed by atoms with Crippen molar-refractivity contribution in [2.45, 2.75) is 20.8 Å². The Morgan fingerprint density at radius 3 is 2.69 bits per heavy atom. The molecule has 0 heterocycles. The van der Waals surface area contributed by atoms with Gasteiger partial charge in [-0.05, 0) is 38.5 Å². The monoisotopic (exact) mass is 241 g/mol. The van der Waals surface area contributed by atoms with E-state index in [9.17, 15) is 4.79 Å². The minimum atomic E-state index is -0.820. The minimum absolute atomic E-state index is 0.365. The van der Waals surface area contributed by atoms with Crippen molar-refractivity contribution >= 4 is 23.3 Å². The molecule has 1 aromatic carbocycles. The molecule has 1 rings (SSSR count). The average Bonchev–Trinajstić information content (AvgIpc) is 2.20. The summed E-state index contributed by atoms with van der Waals surface area (Å²) in [6.07, 6.45) is 0. The number of anilines is 1. The predicted molar refractivity (Wildman–Crippen MR) is 66.1 cm³/mol. The van der Waals surface area contributed by atoms with Gasteiger partial charge in [-0.25, -0.2) is 0 Å². The molecule has 0 radical (unpaired) electrons. The number of carboxylic acids is 1. The lowest BCUT2D eigenvalue weighted by Crippen LogP contribution is -2.31. The second-order valence-corrected chi connectivity index (χ2v) is 4.86. The van der Waals surface area contributed by atoms with Crippen LogP contribution in [0.4, 0.5) is 5.69 Å². The van der Waals surface area contributed by atoms with Crippen molar-refractivity contribution in [3.8, 4) is 0 Å². The Morgan fingerprint density at radius 2 is 2.12 bits per heavy atom. The summed E-state index contributed by atoms with van der Waals surface area (Å²) in [5.41, 5.74) is 1.02. The van der Waals surface area contributed by atoms with Crippen LogP contribution in [0.1, 0.15) is 19.4 Å². The van der Waals surface area contributed by atoms with Crippen LogP contribution in [0.15, 0.2) is 18.2 Å². The van der Waals surface area contributed by atoms with Crippen LogP contribution in [0.25, 0.3) is 0 Å². The molecule has 0 bridgehead atoms. The maximum atomic E-state index is 10.9. The van der Waals surface area contributed by atoms with Crippen molar-refractivity contribution in [1.29, 1.82) is 0 Å². The summed E-state index contributed by atoms with van der Waals surface area (Å²) in [6.45, 7) is 5.63. The smallest absolute Gasteiger partial charge is 0.310 e. The Labute approximate surface area is 100 Å². The number of hydrogen-bond donors (Lipinski definition) is 2. The lowest BCUT2D eigenvalue weighted by atomic mass is 9.93. The maximum absolute atomic E-state index is 10.9. The molecular weight excluding hydrogens is 226 g/mol. The van der Waals surface area contributed by atoms with Crippen molar-refractivity contribution < 1.29 is 9.90 Å². The molecule has 16 heavy (non-hydrogen) atoms. The van der Waals surface area contributed by atoms with Gasteiger partial charge in [-0.3, -0.25) is 4.79 Å². The van der Waals surface area contributed by atoms with Gasteiger partial charge in [-0.2, -0.15) is 0 Å². The number of aliphatic carboxylic acids is 1. The van der Waals surface area contributed by atoms with E-state index < -0.39 is 11.4 Å². The van der Waals surface area contributed by atoms with Gasteiger partial charge < -0.3 is 10.4 Å². The van der Waals surface area contributed by atoms with E-state index in [1.807, 2.05) is 25.1 Å². The molecular formula is C12H16ClNO2. The Balaban J connectivity index is 2.76. The fourth-order valence-electron chi connectivity index (χ4n) is 1.19. The van der Waals surface area contributed by atoms with Gasteiger partial charge in [-0.1, -0.05) is 17.7 Å². The third-order valence-electron chi connectivity index (χ3n) is 2.57. The molecule has 0 unspecified atom stereocenters. The number of carboxylic acid groups (broad SMARTS) is 1. The largest absolute Gasteiger partial charge is 0.481 e. The van der Waals surface area contributed by atoms with Gasteiger partial charge in [0.25, 0.3) is 0 Å². The van der Waals surface area contributed by atoms with E-state index in [1.54, 1.807) is 13.8 Å². The zero-order chi connectivity index (χ0) is 12.3. The summed E-state index contributed by atoms with van der Waals surface area (Å²) in [7, 11) is 0. The van der Waals surface area contributed by atoms with Gasteiger partial charge >= 0.3 is 5.97 Å². The average molecular weight is 242 g/mol.